The average molecular weight is 477 g/mol. The summed E-state index contributed by atoms with van der Waals surface area (Å²) in [4.78, 5) is 39.2. The highest BCUT2D eigenvalue weighted by Gasteiger charge is 2.39. The number of likely N-dealkylation sites (tertiary alicyclic amines) is 1. The highest BCUT2D eigenvalue weighted by molar-refractivity contribution is 5.82. The maximum atomic E-state index is 13.4. The number of fused-ring (bicyclic) bond motifs is 3. The number of benzene rings is 2. The summed E-state index contributed by atoms with van der Waals surface area (Å²) >= 11 is 0. The second-order valence-corrected chi connectivity index (χ2v) is 9.89. The van der Waals surface area contributed by atoms with Crippen molar-refractivity contribution in [1.82, 2.24) is 10.2 Å². The number of aliphatic carboxylic acids is 1. The van der Waals surface area contributed by atoms with Crippen LogP contribution in [0.2, 0.25) is 0 Å². The number of alkyl carbamates (subject to hydrolysis) is 1. The van der Waals surface area contributed by atoms with Gasteiger partial charge in [0, 0.05) is 24.5 Å². The van der Waals surface area contributed by atoms with Gasteiger partial charge in [-0.3, -0.25) is 9.59 Å². The molecule has 0 aromatic heterocycles. The van der Waals surface area contributed by atoms with Crippen LogP contribution < -0.4 is 5.32 Å². The first-order valence-corrected chi connectivity index (χ1v) is 12.7. The molecule has 1 saturated carbocycles. The van der Waals surface area contributed by atoms with E-state index in [1.54, 1.807) is 4.90 Å². The van der Waals surface area contributed by atoms with E-state index in [9.17, 15) is 19.5 Å². The van der Waals surface area contributed by atoms with E-state index in [0.29, 0.717) is 13.0 Å². The Kier molecular flexibility index (Phi) is 6.75. The quantitative estimate of drug-likeness (QED) is 0.638. The van der Waals surface area contributed by atoms with E-state index in [4.69, 9.17) is 4.74 Å². The first kappa shape index (κ1) is 23.4. The topological polar surface area (TPSA) is 95.9 Å². The molecule has 2 N–H and O–H groups in total. The zero-order valence-electron chi connectivity index (χ0n) is 19.8. The minimum Gasteiger partial charge on any atom is -0.481 e. The van der Waals surface area contributed by atoms with Crippen LogP contribution in [0.3, 0.4) is 0 Å². The maximum Gasteiger partial charge on any atom is 0.407 e. The fraction of sp³-hybridized carbons (Fsp3) is 0.464. The number of rotatable bonds is 6. The molecular weight excluding hydrogens is 444 g/mol. The lowest BCUT2D eigenvalue weighted by atomic mass is 9.83. The molecule has 35 heavy (non-hydrogen) atoms. The van der Waals surface area contributed by atoms with E-state index in [1.807, 2.05) is 24.3 Å². The van der Waals surface area contributed by atoms with Crippen LogP contribution >= 0.6 is 0 Å². The smallest absolute Gasteiger partial charge is 0.407 e. The van der Waals surface area contributed by atoms with Crippen LogP contribution in [0.5, 0.6) is 0 Å². The monoisotopic (exact) mass is 476 g/mol. The van der Waals surface area contributed by atoms with Crippen LogP contribution in [-0.2, 0) is 14.3 Å². The third-order valence-corrected chi connectivity index (χ3v) is 7.80. The van der Waals surface area contributed by atoms with E-state index < -0.39 is 12.1 Å². The van der Waals surface area contributed by atoms with E-state index >= 15 is 0 Å². The van der Waals surface area contributed by atoms with Gasteiger partial charge in [-0.05, 0) is 47.9 Å². The van der Waals surface area contributed by atoms with Gasteiger partial charge >= 0.3 is 12.1 Å². The number of carboxylic acids is 1. The first-order valence-electron chi connectivity index (χ1n) is 12.7. The lowest BCUT2D eigenvalue weighted by Crippen LogP contribution is -2.51. The summed E-state index contributed by atoms with van der Waals surface area (Å²) in [5.41, 5.74) is 4.67. The Morgan fingerprint density at radius 3 is 2.26 bits per heavy atom. The summed E-state index contributed by atoms with van der Waals surface area (Å²) in [5, 5.41) is 12.2. The van der Waals surface area contributed by atoms with Crippen LogP contribution in [0.15, 0.2) is 48.5 Å². The second kappa shape index (κ2) is 10.1. The number of carbonyl (C=O) groups excluding carboxylic acids is 2. The summed E-state index contributed by atoms with van der Waals surface area (Å²) in [6.45, 7) is 0.822. The van der Waals surface area contributed by atoms with E-state index in [2.05, 4.69) is 29.6 Å². The zero-order valence-corrected chi connectivity index (χ0v) is 19.8. The van der Waals surface area contributed by atoms with Crippen LogP contribution in [0.1, 0.15) is 62.0 Å². The minimum absolute atomic E-state index is 0.0155. The first-order chi connectivity index (χ1) is 17.0. The normalized spacial score (nSPS) is 23.4. The van der Waals surface area contributed by atoms with Gasteiger partial charge in [-0.15, -0.1) is 0 Å². The molecule has 3 atom stereocenters. The number of hydrogen-bond donors (Lipinski definition) is 2. The highest BCUT2D eigenvalue weighted by atomic mass is 16.5. The molecule has 0 unspecified atom stereocenters. The summed E-state index contributed by atoms with van der Waals surface area (Å²) < 4.78 is 5.72. The molecular formula is C28H32N2O5. The van der Waals surface area contributed by atoms with Gasteiger partial charge in [0.2, 0.25) is 5.91 Å². The lowest BCUT2D eigenvalue weighted by molar-refractivity contribution is -0.142. The molecule has 2 fully saturated rings. The van der Waals surface area contributed by atoms with E-state index in [0.717, 1.165) is 43.2 Å². The predicted octanol–water partition coefficient (Wildman–Crippen LogP) is 4.55. The molecule has 2 aliphatic carbocycles. The van der Waals surface area contributed by atoms with Crippen LogP contribution in [0, 0.1) is 5.92 Å². The molecule has 1 saturated heterocycles. The number of carbonyl (C=O) groups is 3. The number of nitrogens with zero attached hydrogens (tertiary/aromatic N) is 1. The maximum absolute atomic E-state index is 13.4. The van der Waals surface area contributed by atoms with Gasteiger partial charge in [0.1, 0.15) is 6.61 Å². The third kappa shape index (κ3) is 4.77. The Labute approximate surface area is 205 Å². The van der Waals surface area contributed by atoms with Crippen molar-refractivity contribution in [3.05, 3.63) is 59.7 Å². The molecule has 1 aliphatic heterocycles. The largest absolute Gasteiger partial charge is 0.481 e. The summed E-state index contributed by atoms with van der Waals surface area (Å²) in [6.07, 6.45) is 4.30. The summed E-state index contributed by atoms with van der Waals surface area (Å²) in [7, 11) is 0. The Balaban J connectivity index is 1.23. The van der Waals surface area contributed by atoms with Gasteiger partial charge in [-0.25, -0.2) is 4.79 Å². The Bertz CT molecular complexity index is 1070. The van der Waals surface area contributed by atoms with Crippen molar-refractivity contribution >= 4 is 18.0 Å². The van der Waals surface area contributed by atoms with Crippen molar-refractivity contribution in [2.24, 2.45) is 5.92 Å². The van der Waals surface area contributed by atoms with Gasteiger partial charge in [0.15, 0.2) is 0 Å². The minimum atomic E-state index is -0.883. The third-order valence-electron chi connectivity index (χ3n) is 7.80. The van der Waals surface area contributed by atoms with Crippen molar-refractivity contribution < 1.29 is 24.2 Å². The molecule has 0 spiro atoms. The molecule has 0 bridgehead atoms. The summed E-state index contributed by atoms with van der Waals surface area (Å²) in [6, 6.07) is 15.9. The van der Waals surface area contributed by atoms with Crippen molar-refractivity contribution in [3.63, 3.8) is 0 Å². The zero-order chi connectivity index (χ0) is 24.4. The van der Waals surface area contributed by atoms with Crippen LogP contribution in [-0.4, -0.2) is 53.2 Å². The Morgan fingerprint density at radius 1 is 0.914 bits per heavy atom. The number of amides is 2. The molecule has 5 rings (SSSR count). The Hall–Kier alpha value is -3.35. The van der Waals surface area contributed by atoms with Crippen molar-refractivity contribution in [2.45, 2.75) is 62.9 Å². The number of ether oxygens (including phenoxy) is 1. The molecule has 7 nitrogen and oxygen atoms in total. The van der Waals surface area contributed by atoms with Gasteiger partial charge in [0.05, 0.1) is 12.3 Å². The number of nitrogens with one attached hydrogen (secondary N) is 1. The van der Waals surface area contributed by atoms with E-state index in [1.165, 1.54) is 11.1 Å². The number of carboxylic acid groups (broad SMARTS) is 1. The van der Waals surface area contributed by atoms with Crippen molar-refractivity contribution in [1.29, 1.82) is 0 Å². The average Bonchev–Trinajstić information content (AvgIpc) is 3.44. The Morgan fingerprint density at radius 2 is 1.57 bits per heavy atom. The molecule has 0 radical (unpaired) electrons. The fourth-order valence-electron chi connectivity index (χ4n) is 6.14. The fourth-order valence-corrected chi connectivity index (χ4v) is 6.14. The number of hydrogen-bond acceptors (Lipinski definition) is 4. The van der Waals surface area contributed by atoms with Gasteiger partial charge < -0.3 is 20.1 Å². The van der Waals surface area contributed by atoms with Crippen LogP contribution in [0.4, 0.5) is 4.79 Å². The molecule has 2 aromatic rings. The molecule has 7 heteroatoms. The van der Waals surface area contributed by atoms with Gasteiger partial charge in [0.25, 0.3) is 0 Å². The predicted molar refractivity (Wildman–Crippen MR) is 131 cm³/mol. The molecule has 1 heterocycles. The second-order valence-electron chi connectivity index (χ2n) is 9.89. The SMILES string of the molecule is O=C(O)C[C@@H]1CCCN1C(=O)[C@@H]1CCCC[C@@H]1NC(=O)OCC1c2ccccc2-c2ccccc21. The highest BCUT2D eigenvalue weighted by Crippen LogP contribution is 2.44. The molecule has 2 aromatic carbocycles. The van der Waals surface area contributed by atoms with Gasteiger partial charge in [-0.1, -0.05) is 61.4 Å². The molecule has 184 valence electrons. The molecule has 3 aliphatic rings. The molecule has 2 amide bonds. The summed E-state index contributed by atoms with van der Waals surface area (Å²) in [5.74, 6) is -1.26. The standard InChI is InChI=1S/C28H32N2O5/c31-26(32)16-18-8-7-15-30(18)27(33)23-13-5-6-14-25(23)29-28(34)35-17-24-21-11-3-1-9-19(21)20-10-2-4-12-22(20)24/h1-4,9-12,18,23-25H,5-8,13-17H2,(H,29,34)(H,31,32)/t18-,23+,25-/m0/s1. The van der Waals surface area contributed by atoms with Crippen molar-refractivity contribution in [3.8, 4) is 11.1 Å². The van der Waals surface area contributed by atoms with Crippen molar-refractivity contribution in [2.75, 3.05) is 13.2 Å². The lowest BCUT2D eigenvalue weighted by Gasteiger charge is -2.35. The van der Waals surface area contributed by atoms with Crippen LogP contribution in [0.25, 0.3) is 11.1 Å². The van der Waals surface area contributed by atoms with Gasteiger partial charge in [-0.2, -0.15) is 0 Å². The van der Waals surface area contributed by atoms with E-state index in [-0.39, 0.29) is 42.9 Å².